The summed E-state index contributed by atoms with van der Waals surface area (Å²) in [7, 11) is 4.82. The molecular formula is C21H22N2O4S. The second-order valence-corrected chi connectivity index (χ2v) is 6.86. The van der Waals surface area contributed by atoms with Crippen LogP contribution in [0.2, 0.25) is 0 Å². The second kappa shape index (κ2) is 9.23. The monoisotopic (exact) mass is 398 g/mol. The first-order chi connectivity index (χ1) is 13.6. The van der Waals surface area contributed by atoms with Crippen molar-refractivity contribution in [1.82, 2.24) is 4.98 Å². The molecule has 0 radical (unpaired) electrons. The fraction of sp³-hybridized carbons (Fsp3) is 0.238. The summed E-state index contributed by atoms with van der Waals surface area (Å²) in [6.45, 7) is 0. The minimum absolute atomic E-state index is 0.0657. The number of ether oxygens (including phenoxy) is 3. The van der Waals surface area contributed by atoms with Gasteiger partial charge in [-0.2, -0.15) is 0 Å². The number of thiazole rings is 1. The van der Waals surface area contributed by atoms with E-state index >= 15 is 0 Å². The molecule has 3 aromatic rings. The van der Waals surface area contributed by atoms with Crippen LogP contribution in [0.15, 0.2) is 47.8 Å². The number of carbonyl (C=O) groups is 1. The maximum Gasteiger partial charge on any atom is 0.226 e. The fourth-order valence-corrected chi connectivity index (χ4v) is 3.43. The van der Waals surface area contributed by atoms with Crippen molar-refractivity contribution in [2.75, 3.05) is 26.6 Å². The number of methoxy groups -OCH3 is 3. The molecule has 0 spiro atoms. The van der Waals surface area contributed by atoms with Crippen LogP contribution in [0.25, 0.3) is 11.3 Å². The number of nitrogens with one attached hydrogen (secondary N) is 1. The van der Waals surface area contributed by atoms with Gasteiger partial charge in [-0.3, -0.25) is 4.79 Å². The first-order valence-corrected chi connectivity index (χ1v) is 9.61. The Hall–Kier alpha value is -3.06. The Morgan fingerprint density at radius 3 is 2.43 bits per heavy atom. The molecule has 2 aromatic carbocycles. The van der Waals surface area contributed by atoms with Crippen LogP contribution in [-0.2, 0) is 11.2 Å². The lowest BCUT2D eigenvalue weighted by Gasteiger charge is -2.08. The van der Waals surface area contributed by atoms with Gasteiger partial charge in [-0.05, 0) is 42.3 Å². The smallest absolute Gasteiger partial charge is 0.226 e. The summed E-state index contributed by atoms with van der Waals surface area (Å²) in [6, 6.07) is 13.3. The quantitative estimate of drug-likeness (QED) is 0.609. The first-order valence-electron chi connectivity index (χ1n) is 8.73. The normalized spacial score (nSPS) is 10.4. The van der Waals surface area contributed by atoms with Crippen LogP contribution in [0.3, 0.4) is 0 Å². The number of hydrogen-bond acceptors (Lipinski definition) is 6. The molecule has 7 heteroatoms. The van der Waals surface area contributed by atoms with Crippen LogP contribution in [0.1, 0.15) is 12.0 Å². The summed E-state index contributed by atoms with van der Waals surface area (Å²) < 4.78 is 15.7. The zero-order valence-corrected chi connectivity index (χ0v) is 16.8. The summed E-state index contributed by atoms with van der Waals surface area (Å²) in [5.74, 6) is 2.04. The molecular weight excluding hydrogens is 376 g/mol. The Morgan fingerprint density at radius 1 is 1.00 bits per heavy atom. The summed E-state index contributed by atoms with van der Waals surface area (Å²) in [4.78, 5) is 16.7. The van der Waals surface area contributed by atoms with Gasteiger partial charge in [0.2, 0.25) is 5.91 Å². The number of hydrogen-bond donors (Lipinski definition) is 1. The van der Waals surface area contributed by atoms with Gasteiger partial charge in [-0.15, -0.1) is 11.3 Å². The van der Waals surface area contributed by atoms with Crippen molar-refractivity contribution in [2.45, 2.75) is 12.8 Å². The number of rotatable bonds is 8. The Morgan fingerprint density at radius 2 is 1.75 bits per heavy atom. The average Bonchev–Trinajstić information content (AvgIpc) is 3.20. The van der Waals surface area contributed by atoms with E-state index in [1.807, 2.05) is 47.8 Å². The number of amides is 1. The van der Waals surface area contributed by atoms with Crippen LogP contribution in [-0.4, -0.2) is 32.2 Å². The molecule has 1 N–H and O–H groups in total. The molecule has 0 bridgehead atoms. The van der Waals surface area contributed by atoms with E-state index in [0.717, 1.165) is 22.6 Å². The number of benzene rings is 2. The van der Waals surface area contributed by atoms with Crippen LogP contribution >= 0.6 is 11.3 Å². The molecule has 1 amide bonds. The van der Waals surface area contributed by atoms with Crippen molar-refractivity contribution in [1.29, 1.82) is 0 Å². The number of aryl methyl sites for hydroxylation is 1. The van der Waals surface area contributed by atoms with E-state index in [-0.39, 0.29) is 5.91 Å². The van der Waals surface area contributed by atoms with Crippen molar-refractivity contribution in [3.8, 4) is 28.5 Å². The van der Waals surface area contributed by atoms with Crippen LogP contribution < -0.4 is 19.5 Å². The van der Waals surface area contributed by atoms with Crippen LogP contribution in [0, 0.1) is 0 Å². The van der Waals surface area contributed by atoms with Crippen molar-refractivity contribution in [3.63, 3.8) is 0 Å². The highest BCUT2D eigenvalue weighted by molar-refractivity contribution is 7.14. The Balaban J connectivity index is 1.60. The maximum absolute atomic E-state index is 12.2. The molecule has 146 valence electrons. The lowest BCUT2D eigenvalue weighted by molar-refractivity contribution is -0.116. The van der Waals surface area contributed by atoms with Gasteiger partial charge in [0.1, 0.15) is 5.75 Å². The van der Waals surface area contributed by atoms with Gasteiger partial charge in [0.15, 0.2) is 16.6 Å². The molecule has 0 unspecified atom stereocenters. The molecule has 3 rings (SSSR count). The molecule has 0 aliphatic rings. The van der Waals surface area contributed by atoms with Gasteiger partial charge in [-0.25, -0.2) is 4.98 Å². The van der Waals surface area contributed by atoms with E-state index in [1.54, 1.807) is 21.3 Å². The maximum atomic E-state index is 12.2. The average molecular weight is 398 g/mol. The SMILES string of the molecule is COc1ccc(CCC(=O)Nc2nc(-c3ccc(OC)c(OC)c3)cs2)cc1. The number of nitrogens with zero attached hydrogens (tertiary/aromatic N) is 1. The predicted molar refractivity (Wildman–Crippen MR) is 111 cm³/mol. The van der Waals surface area contributed by atoms with E-state index in [1.165, 1.54) is 11.3 Å². The third-order valence-corrected chi connectivity index (χ3v) is 4.99. The highest BCUT2D eigenvalue weighted by Crippen LogP contribution is 2.33. The van der Waals surface area contributed by atoms with Crippen LogP contribution in [0.5, 0.6) is 17.2 Å². The molecule has 28 heavy (non-hydrogen) atoms. The highest BCUT2D eigenvalue weighted by Gasteiger charge is 2.11. The number of aromatic nitrogens is 1. The standard InChI is InChI=1S/C21H22N2O4S/c1-25-16-8-4-14(5-9-16)6-11-20(24)23-21-22-17(13-28-21)15-7-10-18(26-2)19(12-15)27-3/h4-5,7-10,12-13H,6,11H2,1-3H3,(H,22,23,24). The molecule has 0 aliphatic heterocycles. The van der Waals surface area contributed by atoms with E-state index in [0.29, 0.717) is 29.5 Å². The van der Waals surface area contributed by atoms with Gasteiger partial charge in [-0.1, -0.05) is 12.1 Å². The summed E-state index contributed by atoms with van der Waals surface area (Å²) in [5.41, 5.74) is 2.75. The van der Waals surface area contributed by atoms with Gasteiger partial charge < -0.3 is 19.5 Å². The zero-order chi connectivity index (χ0) is 19.9. The number of anilines is 1. The first kappa shape index (κ1) is 19.7. The molecule has 0 aliphatic carbocycles. The van der Waals surface area contributed by atoms with Crippen LogP contribution in [0.4, 0.5) is 5.13 Å². The molecule has 0 saturated heterocycles. The highest BCUT2D eigenvalue weighted by atomic mass is 32.1. The Labute approximate surface area is 168 Å². The zero-order valence-electron chi connectivity index (χ0n) is 16.0. The molecule has 6 nitrogen and oxygen atoms in total. The van der Waals surface area contributed by atoms with E-state index in [4.69, 9.17) is 14.2 Å². The van der Waals surface area contributed by atoms with Crippen molar-refractivity contribution in [2.24, 2.45) is 0 Å². The number of carbonyl (C=O) groups excluding carboxylic acids is 1. The molecule has 0 saturated carbocycles. The summed E-state index contributed by atoms with van der Waals surface area (Å²) in [6.07, 6.45) is 1.04. The van der Waals surface area contributed by atoms with Gasteiger partial charge in [0, 0.05) is 17.4 Å². The predicted octanol–water partition coefficient (Wildman–Crippen LogP) is 4.41. The van der Waals surface area contributed by atoms with Gasteiger partial charge in [0.05, 0.1) is 27.0 Å². The fourth-order valence-electron chi connectivity index (χ4n) is 2.69. The molecule has 1 heterocycles. The third kappa shape index (κ3) is 4.80. The van der Waals surface area contributed by atoms with E-state index < -0.39 is 0 Å². The largest absolute Gasteiger partial charge is 0.497 e. The van der Waals surface area contributed by atoms with Crippen molar-refractivity contribution >= 4 is 22.4 Å². The van der Waals surface area contributed by atoms with E-state index in [9.17, 15) is 4.79 Å². The molecule has 0 fully saturated rings. The Bertz CT molecular complexity index is 938. The van der Waals surface area contributed by atoms with E-state index in [2.05, 4.69) is 10.3 Å². The van der Waals surface area contributed by atoms with Crippen molar-refractivity contribution in [3.05, 3.63) is 53.4 Å². The van der Waals surface area contributed by atoms with Gasteiger partial charge >= 0.3 is 0 Å². The molecule has 1 aromatic heterocycles. The van der Waals surface area contributed by atoms with Crippen molar-refractivity contribution < 1.29 is 19.0 Å². The lowest BCUT2D eigenvalue weighted by Crippen LogP contribution is -2.12. The second-order valence-electron chi connectivity index (χ2n) is 6.00. The topological polar surface area (TPSA) is 69.7 Å². The minimum atomic E-state index is -0.0657. The van der Waals surface area contributed by atoms with Gasteiger partial charge in [0.25, 0.3) is 0 Å². The lowest BCUT2D eigenvalue weighted by atomic mass is 10.1. The summed E-state index contributed by atoms with van der Waals surface area (Å²) in [5, 5.41) is 5.34. The third-order valence-electron chi connectivity index (χ3n) is 4.23. The summed E-state index contributed by atoms with van der Waals surface area (Å²) >= 11 is 1.39. The molecule has 0 atom stereocenters. The Kier molecular flexibility index (Phi) is 6.49. The minimum Gasteiger partial charge on any atom is -0.497 e.